The Morgan fingerprint density at radius 2 is 2.00 bits per heavy atom. The summed E-state index contributed by atoms with van der Waals surface area (Å²) in [5.41, 5.74) is 4.64. The van der Waals surface area contributed by atoms with Crippen LogP contribution in [-0.2, 0) is 6.42 Å². The molecule has 3 heterocycles. The zero-order valence-electron chi connectivity index (χ0n) is 18.5. The standard InChI is InChI=1S/C26H23ClF2N4O/c1-15-20(28)14-30-26(31-15)33-12-11-18-22-21(10-9-19(27)23(22)29)32-24(18)25(33)17-7-5-16(6-8-17)4-2-3-13-34/h2,4-10,14,25,32,34H,3,11-13H2,1H3/b4-2+. The third-order valence-corrected chi connectivity index (χ3v) is 6.49. The first kappa shape index (κ1) is 22.5. The SMILES string of the molecule is Cc1nc(N2CCc3c([nH]c4ccc(Cl)c(F)c34)C2c2ccc(/C=C/CCO)cc2)ncc1F. The largest absolute Gasteiger partial charge is 0.396 e. The number of nitrogens with zero attached hydrogens (tertiary/aromatic N) is 3. The Labute approximate surface area is 200 Å². The van der Waals surface area contributed by atoms with Crippen molar-refractivity contribution in [3.63, 3.8) is 0 Å². The average Bonchev–Trinajstić information content (AvgIpc) is 3.23. The second-order valence-electron chi connectivity index (χ2n) is 8.33. The van der Waals surface area contributed by atoms with Gasteiger partial charge in [0.05, 0.1) is 23.0 Å². The summed E-state index contributed by atoms with van der Waals surface area (Å²) in [4.78, 5) is 14.1. The quantitative estimate of drug-likeness (QED) is 0.382. The molecule has 34 heavy (non-hydrogen) atoms. The van der Waals surface area contributed by atoms with E-state index in [4.69, 9.17) is 16.7 Å². The normalized spacial score (nSPS) is 15.9. The van der Waals surface area contributed by atoms with Crippen LogP contribution < -0.4 is 4.90 Å². The van der Waals surface area contributed by atoms with Crippen molar-refractivity contribution in [1.82, 2.24) is 15.0 Å². The van der Waals surface area contributed by atoms with Crippen LogP contribution in [-0.4, -0.2) is 33.2 Å². The van der Waals surface area contributed by atoms with Gasteiger partial charge < -0.3 is 15.0 Å². The van der Waals surface area contributed by atoms with E-state index in [1.807, 2.05) is 41.3 Å². The predicted molar refractivity (Wildman–Crippen MR) is 130 cm³/mol. The summed E-state index contributed by atoms with van der Waals surface area (Å²) in [5, 5.41) is 9.59. The highest BCUT2D eigenvalue weighted by Gasteiger charge is 2.34. The molecule has 2 N–H and O–H groups in total. The fourth-order valence-corrected chi connectivity index (χ4v) is 4.70. The summed E-state index contributed by atoms with van der Waals surface area (Å²) in [5.74, 6) is -0.472. The van der Waals surface area contributed by atoms with Gasteiger partial charge in [-0.25, -0.2) is 18.7 Å². The van der Waals surface area contributed by atoms with Gasteiger partial charge in [-0.15, -0.1) is 0 Å². The number of hydrogen-bond acceptors (Lipinski definition) is 4. The van der Waals surface area contributed by atoms with E-state index in [0.717, 1.165) is 22.4 Å². The van der Waals surface area contributed by atoms with Gasteiger partial charge in [0.15, 0.2) is 11.6 Å². The summed E-state index contributed by atoms with van der Waals surface area (Å²) in [6, 6.07) is 11.0. The molecule has 1 unspecified atom stereocenters. The van der Waals surface area contributed by atoms with Gasteiger partial charge in [0.2, 0.25) is 5.95 Å². The molecule has 0 radical (unpaired) electrons. The van der Waals surface area contributed by atoms with Gasteiger partial charge in [-0.2, -0.15) is 0 Å². The zero-order chi connectivity index (χ0) is 23.8. The summed E-state index contributed by atoms with van der Waals surface area (Å²) < 4.78 is 28.9. The fraction of sp³-hybridized carbons (Fsp3) is 0.231. The van der Waals surface area contributed by atoms with Crippen molar-refractivity contribution in [2.45, 2.75) is 25.8 Å². The lowest BCUT2D eigenvalue weighted by Gasteiger charge is -2.36. The second-order valence-corrected chi connectivity index (χ2v) is 8.74. The Morgan fingerprint density at radius 3 is 2.74 bits per heavy atom. The molecule has 0 fully saturated rings. The predicted octanol–water partition coefficient (Wildman–Crippen LogP) is 5.75. The molecule has 0 saturated heterocycles. The maximum Gasteiger partial charge on any atom is 0.226 e. The summed E-state index contributed by atoms with van der Waals surface area (Å²) >= 11 is 6.09. The number of aryl methyl sites for hydroxylation is 1. The smallest absolute Gasteiger partial charge is 0.226 e. The Balaban J connectivity index is 1.65. The molecule has 1 atom stereocenters. The maximum atomic E-state index is 15.0. The molecule has 0 amide bonds. The van der Waals surface area contributed by atoms with Crippen molar-refractivity contribution in [3.8, 4) is 0 Å². The van der Waals surface area contributed by atoms with Crippen LogP contribution in [0.4, 0.5) is 14.7 Å². The van der Waals surface area contributed by atoms with E-state index in [-0.39, 0.29) is 23.4 Å². The first-order chi connectivity index (χ1) is 16.5. The van der Waals surface area contributed by atoms with Crippen LogP contribution in [0.15, 0.2) is 48.7 Å². The van der Waals surface area contributed by atoms with E-state index in [1.54, 1.807) is 19.1 Å². The molecule has 5 rings (SSSR count). The van der Waals surface area contributed by atoms with Crippen LogP contribution in [0.5, 0.6) is 0 Å². The number of nitrogens with one attached hydrogen (secondary N) is 1. The number of H-pyrrole nitrogens is 1. The topological polar surface area (TPSA) is 65.0 Å². The number of aromatic nitrogens is 3. The number of aliphatic hydroxyl groups is 1. The molecule has 4 aromatic rings. The Bertz CT molecular complexity index is 1380. The number of aliphatic hydroxyl groups excluding tert-OH is 1. The Morgan fingerprint density at radius 1 is 1.21 bits per heavy atom. The lowest BCUT2D eigenvalue weighted by atomic mass is 9.92. The second kappa shape index (κ2) is 9.16. The van der Waals surface area contributed by atoms with E-state index in [0.29, 0.717) is 36.2 Å². The minimum absolute atomic E-state index is 0.0878. The number of hydrogen-bond donors (Lipinski definition) is 2. The number of rotatable bonds is 5. The zero-order valence-corrected chi connectivity index (χ0v) is 19.3. The van der Waals surface area contributed by atoms with Crippen LogP contribution in [0, 0.1) is 18.6 Å². The third-order valence-electron chi connectivity index (χ3n) is 6.20. The molecule has 1 aliphatic heterocycles. The van der Waals surface area contributed by atoms with Gasteiger partial charge >= 0.3 is 0 Å². The average molecular weight is 481 g/mol. The first-order valence-corrected chi connectivity index (χ1v) is 11.5. The first-order valence-electron chi connectivity index (χ1n) is 11.1. The van der Waals surface area contributed by atoms with Crippen LogP contribution in [0.2, 0.25) is 5.02 Å². The van der Waals surface area contributed by atoms with Crippen molar-refractivity contribution in [2.75, 3.05) is 18.1 Å². The van der Waals surface area contributed by atoms with Gasteiger partial charge in [0.1, 0.15) is 0 Å². The molecule has 0 spiro atoms. The van der Waals surface area contributed by atoms with E-state index in [2.05, 4.69) is 15.0 Å². The number of aromatic amines is 1. The molecular weight excluding hydrogens is 458 g/mol. The van der Waals surface area contributed by atoms with E-state index in [1.165, 1.54) is 6.20 Å². The van der Waals surface area contributed by atoms with E-state index >= 15 is 4.39 Å². The molecule has 0 bridgehead atoms. The number of benzene rings is 2. The lowest BCUT2D eigenvalue weighted by molar-refractivity contribution is 0.303. The molecule has 8 heteroatoms. The Kier molecular flexibility index (Phi) is 6.06. The number of halogens is 3. The molecule has 0 aliphatic carbocycles. The van der Waals surface area contributed by atoms with Crippen molar-refractivity contribution in [2.24, 2.45) is 0 Å². The van der Waals surface area contributed by atoms with Gasteiger partial charge in [0.25, 0.3) is 0 Å². The number of anilines is 1. The summed E-state index contributed by atoms with van der Waals surface area (Å²) in [6.07, 6.45) is 6.21. The van der Waals surface area contributed by atoms with Gasteiger partial charge in [0, 0.05) is 29.7 Å². The van der Waals surface area contributed by atoms with Crippen molar-refractivity contribution in [3.05, 3.63) is 93.4 Å². The van der Waals surface area contributed by atoms with Crippen LogP contribution in [0.3, 0.4) is 0 Å². The number of fused-ring (bicyclic) bond motifs is 3. The molecule has 5 nitrogen and oxygen atoms in total. The monoisotopic (exact) mass is 480 g/mol. The minimum Gasteiger partial charge on any atom is -0.396 e. The van der Waals surface area contributed by atoms with E-state index < -0.39 is 11.6 Å². The minimum atomic E-state index is -0.459. The third kappa shape index (κ3) is 3.95. The van der Waals surface area contributed by atoms with Crippen molar-refractivity contribution >= 4 is 34.5 Å². The van der Waals surface area contributed by atoms with Crippen LogP contribution >= 0.6 is 11.6 Å². The van der Waals surface area contributed by atoms with Gasteiger partial charge in [-0.1, -0.05) is 48.0 Å². The van der Waals surface area contributed by atoms with Crippen molar-refractivity contribution < 1.29 is 13.9 Å². The fourth-order valence-electron chi connectivity index (χ4n) is 4.54. The van der Waals surface area contributed by atoms with Crippen molar-refractivity contribution in [1.29, 1.82) is 0 Å². The van der Waals surface area contributed by atoms with Gasteiger partial charge in [-0.05, 0) is 48.6 Å². The van der Waals surface area contributed by atoms with Gasteiger partial charge in [-0.3, -0.25) is 0 Å². The molecule has 0 saturated carbocycles. The highest BCUT2D eigenvalue weighted by atomic mass is 35.5. The molecule has 174 valence electrons. The van der Waals surface area contributed by atoms with Crippen LogP contribution in [0.25, 0.3) is 17.0 Å². The molecule has 2 aromatic heterocycles. The lowest BCUT2D eigenvalue weighted by Crippen LogP contribution is -2.37. The maximum absolute atomic E-state index is 15.0. The molecule has 1 aliphatic rings. The van der Waals surface area contributed by atoms with E-state index in [9.17, 15) is 4.39 Å². The van der Waals surface area contributed by atoms with Crippen LogP contribution in [0.1, 0.15) is 40.5 Å². The molecular formula is C26H23ClF2N4O. The highest BCUT2D eigenvalue weighted by Crippen LogP contribution is 2.41. The highest BCUT2D eigenvalue weighted by molar-refractivity contribution is 6.31. The molecule has 2 aromatic carbocycles. The Hall–Kier alpha value is -3.29. The summed E-state index contributed by atoms with van der Waals surface area (Å²) in [6.45, 7) is 2.24. The summed E-state index contributed by atoms with van der Waals surface area (Å²) in [7, 11) is 0.